The van der Waals surface area contributed by atoms with Crippen LogP contribution in [0.2, 0.25) is 0 Å². The number of amides is 2. The molecule has 0 bridgehead atoms. The van der Waals surface area contributed by atoms with Gasteiger partial charge in [-0.25, -0.2) is 22.6 Å². The van der Waals surface area contributed by atoms with Crippen molar-refractivity contribution >= 4 is 21.7 Å². The average Bonchev–Trinajstić information content (AvgIpc) is 3.07. The van der Waals surface area contributed by atoms with Gasteiger partial charge in [-0.15, -0.1) is 6.42 Å². The van der Waals surface area contributed by atoms with Crippen LogP contribution in [-0.4, -0.2) is 43.5 Å². The summed E-state index contributed by atoms with van der Waals surface area (Å²) in [6.45, 7) is 0.579. The lowest BCUT2D eigenvalue weighted by Gasteiger charge is -2.32. The highest BCUT2D eigenvalue weighted by atomic mass is 32.2. The quantitative estimate of drug-likeness (QED) is 0.688. The molecule has 2 aliphatic carbocycles. The van der Waals surface area contributed by atoms with Crippen LogP contribution in [-0.2, 0) is 47.0 Å². The van der Waals surface area contributed by atoms with Gasteiger partial charge < -0.3 is 14.8 Å². The summed E-state index contributed by atoms with van der Waals surface area (Å²) in [4.78, 5) is 12.3. The zero-order chi connectivity index (χ0) is 20.9. The molecule has 2 N–H and O–H groups in total. The molecule has 1 unspecified atom stereocenters. The third kappa shape index (κ3) is 3.11. The molecule has 1 aromatic carbocycles. The van der Waals surface area contributed by atoms with Crippen LogP contribution in [0, 0.1) is 12.3 Å². The Kier molecular flexibility index (Phi) is 4.45. The molecular formula is C20H20N4O5S. The molecule has 0 fully saturated rings. The smallest absolute Gasteiger partial charge is 0.333 e. The number of carbonyl (C=O) groups excluding carboxylic acids is 1. The average molecular weight is 428 g/mol. The van der Waals surface area contributed by atoms with Crippen molar-refractivity contribution < 1.29 is 22.7 Å². The summed E-state index contributed by atoms with van der Waals surface area (Å²) in [6.07, 6.45) is 9.77. The van der Waals surface area contributed by atoms with Crippen molar-refractivity contribution in [2.45, 2.75) is 43.2 Å². The number of nitrogens with zero attached hydrogens (tertiary/aromatic N) is 2. The second-order valence-electron chi connectivity index (χ2n) is 7.53. The monoisotopic (exact) mass is 428 g/mol. The fourth-order valence-corrected chi connectivity index (χ4v) is 5.02. The number of rotatable bonds is 5. The van der Waals surface area contributed by atoms with Gasteiger partial charge >= 0.3 is 6.03 Å². The van der Waals surface area contributed by atoms with E-state index in [0.717, 1.165) is 48.7 Å². The molecule has 5 rings (SSSR count). The first kappa shape index (κ1) is 19.0. The van der Waals surface area contributed by atoms with Crippen LogP contribution >= 0.6 is 0 Å². The fraction of sp³-hybridized carbons (Fsp3) is 0.400. The number of fused-ring (bicyclic) bond motifs is 3. The number of hydrogen-bond donors (Lipinski definition) is 2. The Bertz CT molecular complexity index is 1160. The Hall–Kier alpha value is -3.03. The molecule has 1 atom stereocenters. The van der Waals surface area contributed by atoms with Gasteiger partial charge in [0.05, 0.1) is 12.7 Å². The molecule has 2 heterocycles. The van der Waals surface area contributed by atoms with E-state index < -0.39 is 16.1 Å². The maximum absolute atomic E-state index is 12.8. The molecule has 10 heteroatoms. The van der Waals surface area contributed by atoms with Crippen molar-refractivity contribution in [2.75, 3.05) is 18.5 Å². The Morgan fingerprint density at radius 2 is 2.03 bits per heavy atom. The van der Waals surface area contributed by atoms with Gasteiger partial charge in [0.25, 0.3) is 10.0 Å². The molecule has 0 spiro atoms. The highest BCUT2D eigenvalue weighted by Gasteiger charge is 2.32. The minimum atomic E-state index is -4.17. The van der Waals surface area contributed by atoms with Crippen molar-refractivity contribution in [3.05, 3.63) is 34.5 Å². The standard InChI is InChI=1S/C20H20N4O5S/c1-2-7-28-14-10-24-19(29-11-14)17(9-21-24)30(26,27)23-20(25)22-18-15-5-3-12(15)8-13-4-6-16(13)18/h1,8-9,14H,3-7,10-11H2,(H2,22,23,25). The number of urea groups is 1. The number of hydrogen-bond acceptors (Lipinski definition) is 6. The summed E-state index contributed by atoms with van der Waals surface area (Å²) in [7, 11) is -4.17. The van der Waals surface area contributed by atoms with Gasteiger partial charge in [-0.3, -0.25) is 0 Å². The molecule has 0 radical (unpaired) electrons. The third-order valence-electron chi connectivity index (χ3n) is 5.72. The minimum Gasteiger partial charge on any atom is -0.474 e. The van der Waals surface area contributed by atoms with E-state index in [1.165, 1.54) is 15.8 Å². The van der Waals surface area contributed by atoms with E-state index in [1.54, 1.807) is 0 Å². The molecule has 2 aromatic rings. The van der Waals surface area contributed by atoms with Gasteiger partial charge in [0.1, 0.15) is 19.3 Å². The summed E-state index contributed by atoms with van der Waals surface area (Å²) < 4.78 is 40.0. The zero-order valence-corrected chi connectivity index (χ0v) is 16.9. The lowest BCUT2D eigenvalue weighted by Crippen LogP contribution is -2.37. The van der Waals surface area contributed by atoms with Gasteiger partial charge in [0.15, 0.2) is 4.90 Å². The number of nitrogens with one attached hydrogen (secondary N) is 2. The van der Waals surface area contributed by atoms with E-state index in [9.17, 15) is 13.2 Å². The van der Waals surface area contributed by atoms with Crippen molar-refractivity contribution in [2.24, 2.45) is 0 Å². The number of ether oxygens (including phenoxy) is 2. The van der Waals surface area contributed by atoms with E-state index in [-0.39, 0.29) is 30.1 Å². The molecule has 156 valence electrons. The lowest BCUT2D eigenvalue weighted by atomic mass is 9.76. The Balaban J connectivity index is 1.31. The first-order chi connectivity index (χ1) is 14.5. The lowest BCUT2D eigenvalue weighted by molar-refractivity contribution is 0.00159. The molecule has 0 saturated carbocycles. The highest BCUT2D eigenvalue weighted by molar-refractivity contribution is 7.90. The summed E-state index contributed by atoms with van der Waals surface area (Å²) in [5, 5.41) is 6.81. The predicted molar refractivity (Wildman–Crippen MR) is 107 cm³/mol. The number of anilines is 1. The van der Waals surface area contributed by atoms with Crippen molar-refractivity contribution in [3.8, 4) is 18.2 Å². The zero-order valence-electron chi connectivity index (χ0n) is 16.1. The first-order valence-electron chi connectivity index (χ1n) is 9.70. The van der Waals surface area contributed by atoms with Crippen molar-refractivity contribution in [1.82, 2.24) is 14.5 Å². The number of benzene rings is 1. The van der Waals surface area contributed by atoms with Gasteiger partial charge in [0.2, 0.25) is 5.88 Å². The molecule has 1 aromatic heterocycles. The number of aryl methyl sites for hydroxylation is 2. The number of aromatic nitrogens is 2. The van der Waals surface area contributed by atoms with Gasteiger partial charge in [-0.1, -0.05) is 12.0 Å². The van der Waals surface area contributed by atoms with Gasteiger partial charge in [-0.05, 0) is 47.9 Å². The van der Waals surface area contributed by atoms with E-state index in [1.807, 2.05) is 0 Å². The second kappa shape index (κ2) is 7.04. The van der Waals surface area contributed by atoms with Crippen LogP contribution in [0.1, 0.15) is 22.3 Å². The molecule has 0 saturated heterocycles. The largest absolute Gasteiger partial charge is 0.474 e. The number of sulfonamides is 1. The predicted octanol–water partition coefficient (Wildman–Crippen LogP) is 1.00. The van der Waals surface area contributed by atoms with Crippen molar-refractivity contribution in [1.29, 1.82) is 0 Å². The summed E-state index contributed by atoms with van der Waals surface area (Å²) in [6, 6.07) is 1.39. The maximum atomic E-state index is 12.8. The van der Waals surface area contributed by atoms with E-state index in [0.29, 0.717) is 6.54 Å². The Labute approximate surface area is 173 Å². The molecular weight excluding hydrogens is 408 g/mol. The third-order valence-corrected chi connectivity index (χ3v) is 7.03. The molecule has 9 nitrogen and oxygen atoms in total. The van der Waals surface area contributed by atoms with Crippen molar-refractivity contribution in [3.63, 3.8) is 0 Å². The Morgan fingerprint density at radius 3 is 2.67 bits per heavy atom. The fourth-order valence-electron chi connectivity index (χ4n) is 4.04. The summed E-state index contributed by atoms with van der Waals surface area (Å²) in [5.74, 6) is 2.45. The van der Waals surface area contributed by atoms with Crippen LogP contribution < -0.4 is 14.8 Å². The highest BCUT2D eigenvalue weighted by Crippen LogP contribution is 2.40. The summed E-state index contributed by atoms with van der Waals surface area (Å²) >= 11 is 0. The number of carbonyl (C=O) groups is 1. The molecule has 2 amide bonds. The van der Waals surface area contributed by atoms with Crippen LogP contribution in [0.3, 0.4) is 0 Å². The van der Waals surface area contributed by atoms with E-state index in [2.05, 4.69) is 27.1 Å². The van der Waals surface area contributed by atoms with Crippen LogP contribution in [0.5, 0.6) is 5.88 Å². The minimum absolute atomic E-state index is 0.0729. The van der Waals surface area contributed by atoms with Crippen LogP contribution in [0.4, 0.5) is 10.5 Å². The topological polar surface area (TPSA) is 112 Å². The van der Waals surface area contributed by atoms with E-state index in [4.69, 9.17) is 15.9 Å². The number of terminal acetylenes is 1. The van der Waals surface area contributed by atoms with Crippen LogP contribution in [0.15, 0.2) is 17.2 Å². The molecule has 3 aliphatic rings. The normalized spacial score (nSPS) is 18.4. The second-order valence-corrected chi connectivity index (χ2v) is 9.18. The maximum Gasteiger partial charge on any atom is 0.333 e. The molecule has 30 heavy (non-hydrogen) atoms. The van der Waals surface area contributed by atoms with Crippen LogP contribution in [0.25, 0.3) is 0 Å². The van der Waals surface area contributed by atoms with E-state index >= 15 is 0 Å². The van der Waals surface area contributed by atoms with Gasteiger partial charge in [0, 0.05) is 5.69 Å². The summed E-state index contributed by atoms with van der Waals surface area (Å²) in [5.41, 5.74) is 5.42. The SMILES string of the molecule is C#CCOC1COc2c(S(=O)(=O)NC(=O)Nc3c4c(cc5c3CC5)CC4)cnn2C1. The molecule has 1 aliphatic heterocycles. The van der Waals surface area contributed by atoms with Gasteiger partial charge in [-0.2, -0.15) is 5.10 Å². The Morgan fingerprint density at radius 1 is 1.30 bits per heavy atom. The first-order valence-corrected chi connectivity index (χ1v) is 11.2.